The number of alkyl halides is 3. The van der Waals surface area contributed by atoms with Crippen LogP contribution >= 0.6 is 0 Å². The Labute approximate surface area is 97.0 Å². The molecule has 0 aromatic carbocycles. The second-order valence-electron chi connectivity index (χ2n) is 3.15. The van der Waals surface area contributed by atoms with Crippen molar-refractivity contribution in [3.05, 3.63) is 35.1 Å². The maximum Gasteiger partial charge on any atom is 0.420 e. The molecule has 0 saturated carbocycles. The van der Waals surface area contributed by atoms with Crippen molar-refractivity contribution in [2.24, 2.45) is 0 Å². The van der Waals surface area contributed by atoms with Crippen LogP contribution in [-0.4, -0.2) is 30.1 Å². The second kappa shape index (κ2) is 4.05. The van der Waals surface area contributed by atoms with Crippen LogP contribution in [0.2, 0.25) is 0 Å². The van der Waals surface area contributed by atoms with Gasteiger partial charge >= 0.3 is 11.9 Å². The molecule has 0 fully saturated rings. The van der Waals surface area contributed by atoms with E-state index in [2.05, 4.69) is 15.2 Å². The van der Waals surface area contributed by atoms with E-state index in [1.165, 1.54) is 12.4 Å². The summed E-state index contributed by atoms with van der Waals surface area (Å²) >= 11 is 0. The maximum atomic E-state index is 12.8. The van der Waals surface area contributed by atoms with Crippen LogP contribution in [-0.2, 0) is 6.18 Å². The highest BCUT2D eigenvalue weighted by atomic mass is 19.4. The Morgan fingerprint density at radius 3 is 2.39 bits per heavy atom. The molecule has 10 heteroatoms. The van der Waals surface area contributed by atoms with Crippen molar-refractivity contribution in [2.75, 3.05) is 0 Å². The normalized spacial score (nSPS) is 11.5. The number of aromatic nitrogens is 4. The third-order valence-electron chi connectivity index (χ3n) is 1.99. The summed E-state index contributed by atoms with van der Waals surface area (Å²) in [6, 6.07) is 0.457. The molecule has 1 N–H and O–H groups in total. The maximum absolute atomic E-state index is 12.8. The van der Waals surface area contributed by atoms with Crippen molar-refractivity contribution in [3.8, 4) is 5.82 Å². The summed E-state index contributed by atoms with van der Waals surface area (Å²) in [6.45, 7) is 0. The molecule has 2 rings (SSSR count). The number of halogens is 3. The van der Waals surface area contributed by atoms with Crippen LogP contribution in [0.4, 0.5) is 18.9 Å². The molecule has 0 atom stereocenters. The van der Waals surface area contributed by atoms with Gasteiger partial charge in [-0.15, -0.1) is 4.80 Å². The summed E-state index contributed by atoms with van der Waals surface area (Å²) in [6.07, 6.45) is -1.62. The van der Waals surface area contributed by atoms with E-state index in [0.29, 0.717) is 10.9 Å². The van der Waals surface area contributed by atoms with Gasteiger partial charge in [0.1, 0.15) is 11.8 Å². The summed E-state index contributed by atoms with van der Waals surface area (Å²) in [5.41, 5.74) is -1.87. The van der Waals surface area contributed by atoms with Crippen LogP contribution in [0.3, 0.4) is 0 Å². The van der Waals surface area contributed by atoms with Crippen LogP contribution in [0, 0.1) is 4.91 Å². The van der Waals surface area contributed by atoms with Gasteiger partial charge in [-0.3, -0.25) is 0 Å². The standard InChI is InChI=1S/C8H5F3N5O2/c9-8(10,11)6-3-5(16(17)18)4-12-7(6)15-13-1-2-14-15/h1-4H,(H,17,18)/q+1. The quantitative estimate of drug-likeness (QED) is 0.827. The summed E-state index contributed by atoms with van der Waals surface area (Å²) in [7, 11) is 0. The van der Waals surface area contributed by atoms with Crippen LogP contribution in [0.1, 0.15) is 5.56 Å². The lowest BCUT2D eigenvalue weighted by atomic mass is 10.2. The molecule has 0 aliphatic carbocycles. The average Bonchev–Trinajstić information content (AvgIpc) is 2.80. The fourth-order valence-corrected chi connectivity index (χ4v) is 1.24. The molecule has 0 radical (unpaired) electrons. The second-order valence-corrected chi connectivity index (χ2v) is 3.15. The highest BCUT2D eigenvalue weighted by molar-refractivity contribution is 5.42. The van der Waals surface area contributed by atoms with Gasteiger partial charge in [-0.2, -0.15) is 23.4 Å². The molecule has 0 amide bonds. The molecule has 0 saturated heterocycles. The number of hydrogen-bond acceptors (Lipinski definition) is 4. The van der Waals surface area contributed by atoms with E-state index in [9.17, 15) is 18.1 Å². The molecule has 2 aromatic heterocycles. The smallest absolute Gasteiger partial charge is 0.241 e. The van der Waals surface area contributed by atoms with E-state index >= 15 is 0 Å². The van der Waals surface area contributed by atoms with Gasteiger partial charge in [-0.05, 0) is 0 Å². The third kappa shape index (κ3) is 2.12. The monoisotopic (exact) mass is 260 g/mol. The minimum atomic E-state index is -4.76. The van der Waals surface area contributed by atoms with Crippen molar-refractivity contribution < 1.29 is 23.3 Å². The van der Waals surface area contributed by atoms with Crippen LogP contribution < -0.4 is 0 Å². The molecule has 0 bridgehead atoms. The molecular formula is C8H5F3N5O2+. The Morgan fingerprint density at radius 1 is 1.28 bits per heavy atom. The Kier molecular flexibility index (Phi) is 2.69. The summed E-state index contributed by atoms with van der Waals surface area (Å²) in [4.78, 5) is 13.9. The van der Waals surface area contributed by atoms with Crippen molar-refractivity contribution in [3.63, 3.8) is 0 Å². The fourth-order valence-electron chi connectivity index (χ4n) is 1.24. The highest BCUT2D eigenvalue weighted by Gasteiger charge is 2.37. The zero-order chi connectivity index (χ0) is 13.3. The van der Waals surface area contributed by atoms with E-state index in [4.69, 9.17) is 5.21 Å². The van der Waals surface area contributed by atoms with Crippen LogP contribution in [0.5, 0.6) is 0 Å². The van der Waals surface area contributed by atoms with Crippen molar-refractivity contribution in [1.82, 2.24) is 20.0 Å². The Morgan fingerprint density at radius 2 is 1.89 bits per heavy atom. The first-order valence-electron chi connectivity index (χ1n) is 4.49. The Balaban J connectivity index is 2.64. The first-order valence-corrected chi connectivity index (χ1v) is 4.49. The Hall–Kier alpha value is -2.52. The molecule has 0 aliphatic heterocycles. The minimum absolute atomic E-state index is 0.457. The molecular weight excluding hydrogens is 255 g/mol. The number of nitrogens with zero attached hydrogens (tertiary/aromatic N) is 5. The van der Waals surface area contributed by atoms with E-state index in [0.717, 1.165) is 6.20 Å². The van der Waals surface area contributed by atoms with Gasteiger partial charge in [0.2, 0.25) is 0 Å². The Bertz CT molecular complexity index is 581. The number of rotatable bonds is 2. The molecule has 0 aliphatic rings. The third-order valence-corrected chi connectivity index (χ3v) is 1.99. The van der Waals surface area contributed by atoms with E-state index in [1.54, 1.807) is 0 Å². The number of hydrogen-bond donors (Lipinski definition) is 1. The van der Waals surface area contributed by atoms with Gasteiger partial charge < -0.3 is 0 Å². The molecule has 0 unspecified atom stereocenters. The fraction of sp³-hybridized carbons (Fsp3) is 0.125. The summed E-state index contributed by atoms with van der Waals surface area (Å²) in [5, 5.41) is 15.6. The van der Waals surface area contributed by atoms with Crippen molar-refractivity contribution in [2.45, 2.75) is 6.18 Å². The zero-order valence-corrected chi connectivity index (χ0v) is 8.53. The predicted octanol–water partition coefficient (Wildman–Crippen LogP) is 1.48. The SMILES string of the molecule is O=[N+](O)c1cnc(-n2nccn2)c(C(F)(F)F)c1. The van der Waals surface area contributed by atoms with Gasteiger partial charge in [0.25, 0.3) is 4.92 Å². The zero-order valence-electron chi connectivity index (χ0n) is 8.53. The van der Waals surface area contributed by atoms with Crippen LogP contribution in [0.25, 0.3) is 5.82 Å². The molecule has 7 nitrogen and oxygen atoms in total. The van der Waals surface area contributed by atoms with E-state index in [-0.39, 0.29) is 0 Å². The van der Waals surface area contributed by atoms with Crippen molar-refractivity contribution >= 4 is 5.69 Å². The average molecular weight is 260 g/mol. The molecule has 2 aromatic rings. The summed E-state index contributed by atoms with van der Waals surface area (Å²) in [5.74, 6) is -0.585. The lowest BCUT2D eigenvalue weighted by Crippen LogP contribution is -2.15. The lowest BCUT2D eigenvalue weighted by Gasteiger charge is -2.09. The molecule has 18 heavy (non-hydrogen) atoms. The van der Waals surface area contributed by atoms with E-state index < -0.39 is 28.2 Å². The van der Waals surface area contributed by atoms with Gasteiger partial charge in [0.15, 0.2) is 5.82 Å². The number of pyridine rings is 1. The van der Waals surface area contributed by atoms with Gasteiger partial charge in [0.05, 0.1) is 17.3 Å². The van der Waals surface area contributed by atoms with Gasteiger partial charge in [0, 0.05) is 6.07 Å². The molecule has 2 heterocycles. The molecule has 0 spiro atoms. The topological polar surface area (TPSA) is 83.9 Å². The first-order chi connectivity index (χ1) is 8.39. The highest BCUT2D eigenvalue weighted by Crippen LogP contribution is 2.34. The van der Waals surface area contributed by atoms with Gasteiger partial charge in [-0.25, -0.2) is 10.2 Å². The molecule has 94 valence electrons. The first kappa shape index (κ1) is 12.0. The van der Waals surface area contributed by atoms with E-state index in [1.807, 2.05) is 0 Å². The largest absolute Gasteiger partial charge is 0.420 e. The predicted molar refractivity (Wildman–Crippen MR) is 49.2 cm³/mol. The minimum Gasteiger partial charge on any atom is -0.241 e. The lowest BCUT2D eigenvalue weighted by molar-refractivity contribution is -0.730. The van der Waals surface area contributed by atoms with Gasteiger partial charge in [-0.1, -0.05) is 0 Å². The van der Waals surface area contributed by atoms with Crippen LogP contribution in [0.15, 0.2) is 24.7 Å². The van der Waals surface area contributed by atoms with Crippen molar-refractivity contribution in [1.29, 1.82) is 0 Å². The summed E-state index contributed by atoms with van der Waals surface area (Å²) < 4.78 is 38.3.